The number of nitrogens with one attached hydrogen (secondary N) is 3. The van der Waals surface area contributed by atoms with Crippen molar-refractivity contribution in [3.63, 3.8) is 0 Å². The van der Waals surface area contributed by atoms with Gasteiger partial charge in [-0.25, -0.2) is 0 Å². The molecule has 2 aromatic rings. The number of halogens is 1. The largest absolute Gasteiger partial charge is 0.493 e. The van der Waals surface area contributed by atoms with E-state index in [1.54, 1.807) is 36.4 Å². The molecule has 0 aliphatic rings. The topological polar surface area (TPSA) is 106 Å². The second-order valence-electron chi connectivity index (χ2n) is 5.58. The summed E-state index contributed by atoms with van der Waals surface area (Å²) in [6.45, 7) is -0.472. The van der Waals surface area contributed by atoms with Crippen molar-refractivity contribution >= 4 is 39.3 Å². The molecule has 0 radical (unpaired) electrons. The molecule has 0 aliphatic carbocycles. The quantitative estimate of drug-likeness (QED) is 0.570. The standard InChI is InChI=1S/C19H20BrN3O5/c1-27-15-8-3-12(9-16(15)28-2)19(26)22-10-17(24)21-11-18(25)23-14-6-4-13(20)5-7-14/h3-9H,10-11H2,1-2H3,(H,21,24)(H,22,26)(H,23,25). The van der Waals surface area contributed by atoms with Gasteiger partial charge in [-0.15, -0.1) is 0 Å². The van der Waals surface area contributed by atoms with Crippen LogP contribution in [0.25, 0.3) is 0 Å². The molecule has 0 atom stereocenters. The van der Waals surface area contributed by atoms with Crippen molar-refractivity contribution in [2.45, 2.75) is 0 Å². The number of hydrogen-bond donors (Lipinski definition) is 3. The van der Waals surface area contributed by atoms with Gasteiger partial charge in [-0.3, -0.25) is 14.4 Å². The van der Waals surface area contributed by atoms with Gasteiger partial charge < -0.3 is 25.4 Å². The summed E-state index contributed by atoms with van der Waals surface area (Å²) < 4.78 is 11.1. The summed E-state index contributed by atoms with van der Waals surface area (Å²) in [5.41, 5.74) is 0.933. The molecule has 2 aromatic carbocycles. The summed E-state index contributed by atoms with van der Waals surface area (Å²) in [4.78, 5) is 35.8. The summed E-state index contributed by atoms with van der Waals surface area (Å²) in [6.07, 6.45) is 0. The van der Waals surface area contributed by atoms with Crippen LogP contribution in [0.4, 0.5) is 5.69 Å². The number of anilines is 1. The van der Waals surface area contributed by atoms with Crippen LogP contribution in [0.5, 0.6) is 11.5 Å². The van der Waals surface area contributed by atoms with Crippen LogP contribution in [0, 0.1) is 0 Å². The van der Waals surface area contributed by atoms with E-state index in [0.717, 1.165) is 4.47 Å². The van der Waals surface area contributed by atoms with Crippen LogP contribution < -0.4 is 25.4 Å². The van der Waals surface area contributed by atoms with Gasteiger partial charge in [0, 0.05) is 15.7 Å². The monoisotopic (exact) mass is 449 g/mol. The van der Waals surface area contributed by atoms with Crippen molar-refractivity contribution in [3.05, 3.63) is 52.5 Å². The molecule has 148 valence electrons. The number of benzene rings is 2. The van der Waals surface area contributed by atoms with Crippen molar-refractivity contribution in [1.82, 2.24) is 10.6 Å². The lowest BCUT2D eigenvalue weighted by molar-refractivity contribution is -0.123. The highest BCUT2D eigenvalue weighted by Crippen LogP contribution is 2.27. The van der Waals surface area contributed by atoms with Gasteiger partial charge in [-0.05, 0) is 42.5 Å². The zero-order chi connectivity index (χ0) is 20.5. The van der Waals surface area contributed by atoms with Crippen molar-refractivity contribution < 1.29 is 23.9 Å². The fourth-order valence-corrected chi connectivity index (χ4v) is 2.48. The number of hydrogen-bond acceptors (Lipinski definition) is 5. The average Bonchev–Trinajstić information content (AvgIpc) is 2.71. The van der Waals surface area contributed by atoms with E-state index >= 15 is 0 Å². The van der Waals surface area contributed by atoms with E-state index in [1.165, 1.54) is 20.3 Å². The molecule has 2 rings (SSSR count). The molecule has 0 aliphatic heterocycles. The highest BCUT2D eigenvalue weighted by atomic mass is 79.9. The zero-order valence-corrected chi connectivity index (χ0v) is 17.0. The van der Waals surface area contributed by atoms with Crippen molar-refractivity contribution in [1.29, 1.82) is 0 Å². The van der Waals surface area contributed by atoms with Crippen LogP contribution >= 0.6 is 15.9 Å². The van der Waals surface area contributed by atoms with Gasteiger partial charge in [0.15, 0.2) is 11.5 Å². The number of carbonyl (C=O) groups excluding carboxylic acids is 3. The predicted octanol–water partition coefficient (Wildman–Crippen LogP) is 1.95. The Kier molecular flexibility index (Phi) is 7.82. The molecule has 0 spiro atoms. The summed E-state index contributed by atoms with van der Waals surface area (Å²) in [6, 6.07) is 11.7. The van der Waals surface area contributed by atoms with Crippen LogP contribution in [-0.4, -0.2) is 45.0 Å². The molecular weight excluding hydrogens is 430 g/mol. The fourth-order valence-electron chi connectivity index (χ4n) is 2.22. The zero-order valence-electron chi connectivity index (χ0n) is 15.4. The first-order valence-corrected chi connectivity index (χ1v) is 9.04. The molecule has 9 heteroatoms. The molecule has 0 unspecified atom stereocenters. The van der Waals surface area contributed by atoms with Gasteiger partial charge in [0.2, 0.25) is 11.8 Å². The Bertz CT molecular complexity index is 855. The second kappa shape index (κ2) is 10.3. The lowest BCUT2D eigenvalue weighted by Gasteiger charge is -2.10. The van der Waals surface area contributed by atoms with E-state index in [1.807, 2.05) is 0 Å². The van der Waals surface area contributed by atoms with E-state index in [2.05, 4.69) is 31.9 Å². The number of amides is 3. The maximum Gasteiger partial charge on any atom is 0.251 e. The van der Waals surface area contributed by atoms with Crippen LogP contribution in [0.2, 0.25) is 0 Å². The number of rotatable bonds is 8. The lowest BCUT2D eigenvalue weighted by Crippen LogP contribution is -2.40. The second-order valence-corrected chi connectivity index (χ2v) is 6.50. The van der Waals surface area contributed by atoms with Gasteiger partial charge in [0.1, 0.15) is 0 Å². The minimum Gasteiger partial charge on any atom is -0.493 e. The highest BCUT2D eigenvalue weighted by Gasteiger charge is 2.12. The lowest BCUT2D eigenvalue weighted by atomic mass is 10.2. The van der Waals surface area contributed by atoms with E-state index in [-0.39, 0.29) is 19.0 Å². The molecule has 0 aromatic heterocycles. The summed E-state index contributed by atoms with van der Waals surface area (Å²) in [5, 5.41) is 7.58. The summed E-state index contributed by atoms with van der Waals surface area (Å²) >= 11 is 3.30. The molecule has 28 heavy (non-hydrogen) atoms. The minimum absolute atomic E-state index is 0.207. The smallest absolute Gasteiger partial charge is 0.251 e. The third kappa shape index (κ3) is 6.27. The normalized spacial score (nSPS) is 9.96. The summed E-state index contributed by atoms with van der Waals surface area (Å²) in [7, 11) is 2.96. The molecule has 0 fully saturated rings. The Balaban J connectivity index is 1.78. The maximum atomic E-state index is 12.2. The molecule has 0 saturated heterocycles. The van der Waals surface area contributed by atoms with Crippen LogP contribution in [-0.2, 0) is 9.59 Å². The molecule has 8 nitrogen and oxygen atoms in total. The van der Waals surface area contributed by atoms with E-state index in [0.29, 0.717) is 22.7 Å². The van der Waals surface area contributed by atoms with Gasteiger partial charge in [0.05, 0.1) is 27.3 Å². The molecule has 3 amide bonds. The molecule has 0 heterocycles. The van der Waals surface area contributed by atoms with Gasteiger partial charge in [-0.2, -0.15) is 0 Å². The molecule has 0 bridgehead atoms. The third-order valence-corrected chi connectivity index (χ3v) is 4.16. The van der Waals surface area contributed by atoms with Crippen molar-refractivity contribution in [2.75, 3.05) is 32.6 Å². The number of methoxy groups -OCH3 is 2. The van der Waals surface area contributed by atoms with E-state index in [9.17, 15) is 14.4 Å². The maximum absolute atomic E-state index is 12.2. The first-order chi connectivity index (χ1) is 13.4. The Morgan fingerprint density at radius 1 is 0.857 bits per heavy atom. The van der Waals surface area contributed by atoms with Gasteiger partial charge in [-0.1, -0.05) is 15.9 Å². The van der Waals surface area contributed by atoms with Gasteiger partial charge in [0.25, 0.3) is 5.91 Å². The van der Waals surface area contributed by atoms with Crippen LogP contribution in [0.3, 0.4) is 0 Å². The van der Waals surface area contributed by atoms with E-state index in [4.69, 9.17) is 9.47 Å². The summed E-state index contributed by atoms with van der Waals surface area (Å²) in [5.74, 6) is -0.408. The highest BCUT2D eigenvalue weighted by molar-refractivity contribution is 9.10. The Hall–Kier alpha value is -3.07. The fraction of sp³-hybridized carbons (Fsp3) is 0.211. The van der Waals surface area contributed by atoms with Crippen molar-refractivity contribution in [2.24, 2.45) is 0 Å². The minimum atomic E-state index is -0.486. The number of ether oxygens (including phenoxy) is 2. The Morgan fingerprint density at radius 3 is 2.14 bits per heavy atom. The average molecular weight is 450 g/mol. The van der Waals surface area contributed by atoms with Crippen LogP contribution in [0.15, 0.2) is 46.9 Å². The van der Waals surface area contributed by atoms with Crippen molar-refractivity contribution in [3.8, 4) is 11.5 Å². The van der Waals surface area contributed by atoms with E-state index < -0.39 is 11.8 Å². The Labute approximate surface area is 170 Å². The number of carbonyl (C=O) groups is 3. The molecule has 3 N–H and O–H groups in total. The third-order valence-electron chi connectivity index (χ3n) is 3.63. The first-order valence-electron chi connectivity index (χ1n) is 8.25. The van der Waals surface area contributed by atoms with Crippen LogP contribution in [0.1, 0.15) is 10.4 Å². The van der Waals surface area contributed by atoms with Gasteiger partial charge >= 0.3 is 0 Å². The predicted molar refractivity (Wildman–Crippen MR) is 108 cm³/mol. The SMILES string of the molecule is COc1ccc(C(=O)NCC(=O)NCC(=O)Nc2ccc(Br)cc2)cc1OC. The first kappa shape index (κ1) is 21.2. The molecule has 0 saturated carbocycles. The molecular formula is C19H20BrN3O5. The Morgan fingerprint density at radius 2 is 1.50 bits per heavy atom.